The van der Waals surface area contributed by atoms with Crippen LogP contribution in [-0.4, -0.2) is 47.8 Å². The van der Waals surface area contributed by atoms with Crippen molar-refractivity contribution in [1.82, 2.24) is 14.5 Å². The van der Waals surface area contributed by atoms with Gasteiger partial charge in [-0.1, -0.05) is 18.1 Å². The van der Waals surface area contributed by atoms with E-state index in [0.29, 0.717) is 17.1 Å². The van der Waals surface area contributed by atoms with Gasteiger partial charge in [-0.3, -0.25) is 9.36 Å². The number of imidazole rings is 1. The number of allylic oxidation sites excluding steroid dienone is 4. The second kappa shape index (κ2) is 9.20. The van der Waals surface area contributed by atoms with Gasteiger partial charge in [0.15, 0.2) is 5.82 Å². The molecule has 0 aliphatic heterocycles. The number of Topliss-reactive ketones (excluding diaryl/α,β-unsaturated/α-hetero) is 1. The molecule has 0 spiro atoms. The summed E-state index contributed by atoms with van der Waals surface area (Å²) in [4.78, 5) is 23.6. The highest BCUT2D eigenvalue weighted by Gasteiger charge is 2.21. The standard InChI is InChI=1S/C21H22N4O2/c1-6-8-16(9-7-2)20(26)19-21(22-14-24(3)4)23-15-25(19)17-10-12-18(27-5)13-11-17/h1,7-15H,2-5H3/b9-7-,16-8+,22-14?. The monoisotopic (exact) mass is 362 g/mol. The maximum absolute atomic E-state index is 13.2. The Hall–Kier alpha value is -3.59. The first-order valence-electron chi connectivity index (χ1n) is 8.27. The Bertz CT molecular complexity index is 926. The summed E-state index contributed by atoms with van der Waals surface area (Å²) in [5, 5.41) is 0. The van der Waals surface area contributed by atoms with E-state index in [1.807, 2.05) is 45.3 Å². The molecule has 27 heavy (non-hydrogen) atoms. The van der Waals surface area contributed by atoms with Gasteiger partial charge >= 0.3 is 0 Å². The van der Waals surface area contributed by atoms with Crippen LogP contribution in [0.1, 0.15) is 17.4 Å². The van der Waals surface area contributed by atoms with Gasteiger partial charge in [0.1, 0.15) is 17.8 Å². The third kappa shape index (κ3) is 4.73. The predicted molar refractivity (Wildman–Crippen MR) is 108 cm³/mol. The van der Waals surface area contributed by atoms with E-state index in [9.17, 15) is 4.79 Å². The highest BCUT2D eigenvalue weighted by Crippen LogP contribution is 2.25. The van der Waals surface area contributed by atoms with Gasteiger partial charge in [-0.25, -0.2) is 9.98 Å². The number of ether oxygens (including phenoxy) is 1. The van der Waals surface area contributed by atoms with Gasteiger partial charge < -0.3 is 9.64 Å². The highest BCUT2D eigenvalue weighted by molar-refractivity contribution is 6.12. The molecule has 2 rings (SSSR count). The topological polar surface area (TPSA) is 59.7 Å². The maximum atomic E-state index is 13.2. The van der Waals surface area contributed by atoms with E-state index in [2.05, 4.69) is 15.9 Å². The number of aromatic nitrogens is 2. The van der Waals surface area contributed by atoms with Crippen molar-refractivity contribution in [3.8, 4) is 23.8 Å². The van der Waals surface area contributed by atoms with Gasteiger partial charge in [-0.05, 0) is 37.3 Å². The number of aliphatic imine (C=N–C) groups is 1. The van der Waals surface area contributed by atoms with Crippen molar-refractivity contribution in [3.05, 3.63) is 60.1 Å². The number of hydrogen-bond donors (Lipinski definition) is 0. The summed E-state index contributed by atoms with van der Waals surface area (Å²) in [6.45, 7) is 1.82. The number of ketones is 1. The van der Waals surface area contributed by atoms with Gasteiger partial charge in [0.2, 0.25) is 5.78 Å². The van der Waals surface area contributed by atoms with Gasteiger partial charge in [-0.15, -0.1) is 6.42 Å². The fourth-order valence-corrected chi connectivity index (χ4v) is 2.35. The predicted octanol–water partition coefficient (Wildman–Crippen LogP) is 3.42. The maximum Gasteiger partial charge on any atom is 0.214 e. The van der Waals surface area contributed by atoms with Crippen molar-refractivity contribution in [2.45, 2.75) is 6.92 Å². The van der Waals surface area contributed by atoms with Crippen molar-refractivity contribution >= 4 is 17.9 Å². The Morgan fingerprint density at radius 3 is 2.59 bits per heavy atom. The lowest BCUT2D eigenvalue weighted by atomic mass is 10.1. The van der Waals surface area contributed by atoms with E-state index in [4.69, 9.17) is 11.2 Å². The molecule has 1 heterocycles. The van der Waals surface area contributed by atoms with Crippen LogP contribution in [0.2, 0.25) is 0 Å². The number of carbonyl (C=O) groups is 1. The van der Waals surface area contributed by atoms with Crippen molar-refractivity contribution in [3.63, 3.8) is 0 Å². The second-order valence-electron chi connectivity index (χ2n) is 5.79. The molecule has 6 nitrogen and oxygen atoms in total. The van der Waals surface area contributed by atoms with Gasteiger partial charge in [0.05, 0.1) is 13.4 Å². The molecular formula is C21H22N4O2. The average Bonchev–Trinajstić information content (AvgIpc) is 3.09. The lowest BCUT2D eigenvalue weighted by molar-refractivity contribution is 0.103. The number of methoxy groups -OCH3 is 1. The first kappa shape index (κ1) is 19.7. The molecule has 0 N–H and O–H groups in total. The summed E-state index contributed by atoms with van der Waals surface area (Å²) in [5.41, 5.74) is 1.48. The lowest BCUT2D eigenvalue weighted by Crippen LogP contribution is -2.10. The second-order valence-corrected chi connectivity index (χ2v) is 5.79. The molecule has 2 aromatic rings. The molecule has 1 aromatic carbocycles. The zero-order valence-electron chi connectivity index (χ0n) is 15.9. The quantitative estimate of drug-likeness (QED) is 0.189. The van der Waals surface area contributed by atoms with Crippen molar-refractivity contribution in [1.29, 1.82) is 0 Å². The number of benzene rings is 1. The van der Waals surface area contributed by atoms with Crippen LogP contribution in [0.3, 0.4) is 0 Å². The smallest absolute Gasteiger partial charge is 0.214 e. The molecule has 0 fully saturated rings. The van der Waals surface area contributed by atoms with E-state index in [0.717, 1.165) is 11.4 Å². The summed E-state index contributed by atoms with van der Waals surface area (Å²) in [6.07, 6.45) is 13.4. The van der Waals surface area contributed by atoms with E-state index >= 15 is 0 Å². The van der Waals surface area contributed by atoms with Crippen molar-refractivity contribution in [2.24, 2.45) is 4.99 Å². The van der Waals surface area contributed by atoms with Crippen LogP contribution in [0.15, 0.2) is 59.4 Å². The molecule has 138 valence electrons. The Morgan fingerprint density at radius 1 is 1.33 bits per heavy atom. The van der Waals surface area contributed by atoms with Crippen molar-refractivity contribution in [2.75, 3.05) is 21.2 Å². The minimum Gasteiger partial charge on any atom is -0.497 e. The number of terminal acetylenes is 1. The van der Waals surface area contributed by atoms with Gasteiger partial charge in [0, 0.05) is 25.4 Å². The first-order valence-corrected chi connectivity index (χ1v) is 8.27. The Kier molecular flexibility index (Phi) is 6.73. The molecular weight excluding hydrogens is 340 g/mol. The highest BCUT2D eigenvalue weighted by atomic mass is 16.5. The first-order chi connectivity index (χ1) is 13.0. The van der Waals surface area contributed by atoms with Crippen LogP contribution >= 0.6 is 0 Å². The number of nitrogens with zero attached hydrogens (tertiary/aromatic N) is 4. The normalized spacial score (nSPS) is 11.7. The summed E-state index contributed by atoms with van der Waals surface area (Å²) < 4.78 is 6.89. The van der Waals surface area contributed by atoms with E-state index in [-0.39, 0.29) is 5.78 Å². The van der Waals surface area contributed by atoms with E-state index in [1.165, 1.54) is 6.08 Å². The van der Waals surface area contributed by atoms with Crippen LogP contribution in [0.4, 0.5) is 5.82 Å². The Balaban J connectivity index is 2.62. The van der Waals surface area contributed by atoms with Crippen LogP contribution in [0.25, 0.3) is 5.69 Å². The molecule has 0 saturated heterocycles. The minimum atomic E-state index is -0.259. The fraction of sp³-hybridized carbons (Fsp3) is 0.190. The molecule has 6 heteroatoms. The summed E-state index contributed by atoms with van der Waals surface area (Å²) in [5.74, 6) is 3.19. The molecule has 1 aromatic heterocycles. The molecule has 0 saturated carbocycles. The Morgan fingerprint density at radius 2 is 2.04 bits per heavy atom. The van der Waals surface area contributed by atoms with Crippen LogP contribution < -0.4 is 4.74 Å². The molecule has 0 atom stereocenters. The molecule has 0 bridgehead atoms. The third-order valence-corrected chi connectivity index (χ3v) is 3.57. The molecule has 0 amide bonds. The third-order valence-electron chi connectivity index (χ3n) is 3.57. The summed E-state index contributed by atoms with van der Waals surface area (Å²) in [6, 6.07) is 7.32. The SMILES string of the molecule is C#C/C=C(\C=C/C)C(=O)c1c(N=CN(C)C)ncn1-c1ccc(OC)cc1. The minimum absolute atomic E-state index is 0.259. The molecule has 0 aliphatic carbocycles. The van der Waals surface area contributed by atoms with Crippen LogP contribution in [0.5, 0.6) is 5.75 Å². The summed E-state index contributed by atoms with van der Waals surface area (Å²) >= 11 is 0. The number of rotatable bonds is 7. The van der Waals surface area contributed by atoms with Crippen molar-refractivity contribution < 1.29 is 9.53 Å². The number of carbonyl (C=O) groups excluding carboxylic acids is 1. The van der Waals surface area contributed by atoms with Crippen LogP contribution in [0, 0.1) is 12.3 Å². The van der Waals surface area contributed by atoms with Gasteiger partial charge in [0.25, 0.3) is 0 Å². The largest absolute Gasteiger partial charge is 0.497 e. The number of hydrogen-bond acceptors (Lipinski definition) is 4. The molecule has 0 aliphatic rings. The van der Waals surface area contributed by atoms with Gasteiger partial charge in [-0.2, -0.15) is 0 Å². The van der Waals surface area contributed by atoms with E-state index in [1.54, 1.807) is 41.4 Å². The Labute approximate surface area is 159 Å². The fourth-order valence-electron chi connectivity index (χ4n) is 2.35. The molecule has 0 unspecified atom stereocenters. The van der Waals surface area contributed by atoms with Crippen LogP contribution in [-0.2, 0) is 0 Å². The molecule has 0 radical (unpaired) electrons. The zero-order chi connectivity index (χ0) is 19.8. The lowest BCUT2D eigenvalue weighted by Gasteiger charge is -2.10. The summed E-state index contributed by atoms with van der Waals surface area (Å²) in [7, 11) is 5.28. The average molecular weight is 362 g/mol. The van der Waals surface area contributed by atoms with E-state index < -0.39 is 0 Å². The zero-order valence-corrected chi connectivity index (χ0v) is 15.9.